The van der Waals surface area contributed by atoms with Crippen LogP contribution >= 0.6 is 0 Å². The van der Waals surface area contributed by atoms with Gasteiger partial charge in [0.25, 0.3) is 11.8 Å². The molecule has 2 saturated carbocycles. The molecule has 0 saturated heterocycles. The van der Waals surface area contributed by atoms with E-state index in [1.165, 1.54) is 19.3 Å². The second-order valence-corrected chi connectivity index (χ2v) is 9.64. The van der Waals surface area contributed by atoms with E-state index in [0.717, 1.165) is 31.2 Å². The SMILES string of the molecule is O=C(NCC1CCCCC1)c1cn(C2CC2)cc(C(=O)NC(c2ccccc2)c2ccco2)c1=O. The minimum atomic E-state index is -0.559. The van der Waals surface area contributed by atoms with Crippen molar-refractivity contribution in [2.45, 2.75) is 57.0 Å². The number of rotatable bonds is 8. The number of nitrogens with zero attached hydrogens (tertiary/aromatic N) is 1. The number of aromatic nitrogens is 1. The monoisotopic (exact) mass is 473 g/mol. The Morgan fingerprint density at radius 3 is 2.29 bits per heavy atom. The van der Waals surface area contributed by atoms with Crippen molar-refractivity contribution in [2.75, 3.05) is 6.54 Å². The molecule has 2 aliphatic rings. The summed E-state index contributed by atoms with van der Waals surface area (Å²) in [5, 5.41) is 5.90. The lowest BCUT2D eigenvalue weighted by Crippen LogP contribution is -2.38. The Balaban J connectivity index is 1.41. The Morgan fingerprint density at radius 1 is 0.914 bits per heavy atom. The number of hydrogen-bond acceptors (Lipinski definition) is 4. The van der Waals surface area contributed by atoms with Gasteiger partial charge in [-0.3, -0.25) is 14.4 Å². The van der Waals surface area contributed by atoms with Crippen molar-refractivity contribution < 1.29 is 14.0 Å². The maximum absolute atomic E-state index is 13.4. The molecular weight excluding hydrogens is 442 g/mol. The van der Waals surface area contributed by atoms with Crippen molar-refractivity contribution in [1.29, 1.82) is 0 Å². The van der Waals surface area contributed by atoms with Crippen LogP contribution in [0.25, 0.3) is 0 Å². The summed E-state index contributed by atoms with van der Waals surface area (Å²) in [5.74, 6) is 0.0741. The van der Waals surface area contributed by atoms with Gasteiger partial charge in [0.05, 0.1) is 6.26 Å². The quantitative estimate of drug-likeness (QED) is 0.500. The molecule has 1 aromatic carbocycles. The fraction of sp³-hybridized carbons (Fsp3) is 0.393. The molecule has 0 spiro atoms. The van der Waals surface area contributed by atoms with Gasteiger partial charge in [0.1, 0.15) is 22.9 Å². The van der Waals surface area contributed by atoms with Crippen LogP contribution in [-0.4, -0.2) is 22.9 Å². The first-order chi connectivity index (χ1) is 17.1. The van der Waals surface area contributed by atoms with Gasteiger partial charge in [-0.25, -0.2) is 0 Å². The van der Waals surface area contributed by atoms with E-state index < -0.39 is 23.3 Å². The molecule has 2 heterocycles. The van der Waals surface area contributed by atoms with E-state index in [9.17, 15) is 14.4 Å². The normalized spacial score (nSPS) is 17.0. The summed E-state index contributed by atoms with van der Waals surface area (Å²) < 4.78 is 7.42. The Bertz CT molecular complexity index is 1220. The molecule has 7 nitrogen and oxygen atoms in total. The number of amides is 2. The Morgan fingerprint density at radius 2 is 1.63 bits per heavy atom. The molecule has 1 atom stereocenters. The molecule has 1 unspecified atom stereocenters. The Hall–Kier alpha value is -3.61. The highest BCUT2D eigenvalue weighted by Crippen LogP contribution is 2.34. The van der Waals surface area contributed by atoms with E-state index in [4.69, 9.17) is 4.42 Å². The molecule has 0 aliphatic heterocycles. The van der Waals surface area contributed by atoms with E-state index >= 15 is 0 Å². The van der Waals surface area contributed by atoms with Crippen LogP contribution in [0.3, 0.4) is 0 Å². The molecule has 2 N–H and O–H groups in total. The Labute approximate surface area is 204 Å². The van der Waals surface area contributed by atoms with Crippen LogP contribution in [0, 0.1) is 5.92 Å². The van der Waals surface area contributed by atoms with E-state index in [0.29, 0.717) is 18.2 Å². The van der Waals surface area contributed by atoms with Gasteiger partial charge < -0.3 is 19.6 Å². The van der Waals surface area contributed by atoms with Crippen LogP contribution in [0.4, 0.5) is 0 Å². The van der Waals surface area contributed by atoms with Crippen LogP contribution < -0.4 is 16.1 Å². The molecule has 0 bridgehead atoms. The second kappa shape index (κ2) is 10.3. The number of nitrogens with one attached hydrogen (secondary N) is 2. The average Bonchev–Trinajstić information content (AvgIpc) is 3.61. The van der Waals surface area contributed by atoms with Gasteiger partial charge >= 0.3 is 0 Å². The van der Waals surface area contributed by atoms with E-state index in [2.05, 4.69) is 10.6 Å². The predicted molar refractivity (Wildman–Crippen MR) is 132 cm³/mol. The molecule has 7 heteroatoms. The lowest BCUT2D eigenvalue weighted by Gasteiger charge is -2.22. The zero-order valence-electron chi connectivity index (χ0n) is 19.7. The molecule has 5 rings (SSSR count). The fourth-order valence-corrected chi connectivity index (χ4v) is 4.86. The first-order valence-electron chi connectivity index (χ1n) is 12.5. The third-order valence-electron chi connectivity index (χ3n) is 7.02. The third kappa shape index (κ3) is 5.39. The highest BCUT2D eigenvalue weighted by Gasteiger charge is 2.29. The van der Waals surface area contributed by atoms with Crippen LogP contribution in [0.1, 0.15) is 89.1 Å². The van der Waals surface area contributed by atoms with Crippen molar-refractivity contribution in [1.82, 2.24) is 15.2 Å². The number of carbonyl (C=O) groups is 2. The number of furan rings is 1. The fourth-order valence-electron chi connectivity index (χ4n) is 4.86. The van der Waals surface area contributed by atoms with Crippen LogP contribution in [0.2, 0.25) is 0 Å². The summed E-state index contributed by atoms with van der Waals surface area (Å²) in [7, 11) is 0. The lowest BCUT2D eigenvalue weighted by atomic mass is 9.89. The topological polar surface area (TPSA) is 93.3 Å². The first-order valence-corrected chi connectivity index (χ1v) is 12.5. The molecule has 2 fully saturated rings. The van der Waals surface area contributed by atoms with E-state index in [1.807, 2.05) is 34.9 Å². The van der Waals surface area contributed by atoms with Gasteiger partial charge in [-0.05, 0) is 49.3 Å². The second-order valence-electron chi connectivity index (χ2n) is 9.64. The zero-order valence-corrected chi connectivity index (χ0v) is 19.7. The van der Waals surface area contributed by atoms with Crippen molar-refractivity contribution >= 4 is 11.8 Å². The van der Waals surface area contributed by atoms with Crippen LogP contribution in [-0.2, 0) is 0 Å². The van der Waals surface area contributed by atoms with E-state index in [1.54, 1.807) is 30.8 Å². The van der Waals surface area contributed by atoms with Crippen molar-refractivity contribution in [3.8, 4) is 0 Å². The van der Waals surface area contributed by atoms with Gasteiger partial charge in [0.15, 0.2) is 0 Å². The largest absolute Gasteiger partial charge is 0.467 e. The molecule has 35 heavy (non-hydrogen) atoms. The highest BCUT2D eigenvalue weighted by molar-refractivity contribution is 5.99. The van der Waals surface area contributed by atoms with Crippen molar-refractivity contribution in [2.24, 2.45) is 5.92 Å². The lowest BCUT2D eigenvalue weighted by molar-refractivity contribution is 0.0936. The molecule has 0 radical (unpaired) electrons. The van der Waals surface area contributed by atoms with Gasteiger partial charge in [-0.2, -0.15) is 0 Å². The average molecular weight is 474 g/mol. The van der Waals surface area contributed by atoms with Gasteiger partial charge in [-0.1, -0.05) is 49.6 Å². The summed E-state index contributed by atoms with van der Waals surface area (Å²) in [6.07, 6.45) is 12.5. The third-order valence-corrected chi connectivity index (χ3v) is 7.02. The molecule has 182 valence electrons. The summed E-state index contributed by atoms with van der Waals surface area (Å²) in [6.45, 7) is 0.562. The summed E-state index contributed by atoms with van der Waals surface area (Å²) >= 11 is 0. The smallest absolute Gasteiger partial charge is 0.257 e. The van der Waals surface area contributed by atoms with Gasteiger partial charge in [-0.15, -0.1) is 0 Å². The highest BCUT2D eigenvalue weighted by atomic mass is 16.3. The number of benzene rings is 1. The molecule has 3 aromatic rings. The first kappa shape index (κ1) is 23.1. The van der Waals surface area contributed by atoms with E-state index in [-0.39, 0.29) is 17.2 Å². The standard InChI is InChI=1S/C28H31N3O4/c32-26-22(27(33)29-16-19-8-3-1-4-9-19)17-31(21-13-14-21)18-23(26)28(34)30-25(24-12-7-15-35-24)20-10-5-2-6-11-20/h2,5-7,10-12,15,17-19,21,25H,1,3-4,8-9,13-14,16H2,(H,29,33)(H,30,34). The Kier molecular flexibility index (Phi) is 6.84. The van der Waals surface area contributed by atoms with Gasteiger partial charge in [0.2, 0.25) is 5.43 Å². The zero-order chi connectivity index (χ0) is 24.2. The maximum Gasteiger partial charge on any atom is 0.257 e. The molecule has 2 aromatic heterocycles. The van der Waals surface area contributed by atoms with Gasteiger partial charge in [0, 0.05) is 25.0 Å². The van der Waals surface area contributed by atoms with Crippen molar-refractivity contribution in [3.05, 3.63) is 93.8 Å². The molecular formula is C28H31N3O4. The molecule has 2 amide bonds. The summed E-state index contributed by atoms with van der Waals surface area (Å²) in [6, 6.07) is 12.6. The molecule has 2 aliphatic carbocycles. The van der Waals surface area contributed by atoms with Crippen LogP contribution in [0.5, 0.6) is 0 Å². The minimum absolute atomic E-state index is 0.0228. The summed E-state index contributed by atoms with van der Waals surface area (Å²) in [4.78, 5) is 39.8. The number of pyridine rings is 1. The predicted octanol–water partition coefficient (Wildman–Crippen LogP) is 4.61. The maximum atomic E-state index is 13.4. The van der Waals surface area contributed by atoms with Crippen LogP contribution in [0.15, 0.2) is 70.3 Å². The number of hydrogen-bond donors (Lipinski definition) is 2. The number of carbonyl (C=O) groups excluding carboxylic acids is 2. The summed E-state index contributed by atoms with van der Waals surface area (Å²) in [5.41, 5.74) is 0.274. The minimum Gasteiger partial charge on any atom is -0.467 e. The van der Waals surface area contributed by atoms with Crippen molar-refractivity contribution in [3.63, 3.8) is 0 Å².